The molecule has 3 nitrogen and oxygen atoms in total. The van der Waals surface area contributed by atoms with E-state index in [4.69, 9.17) is 10.5 Å². The lowest BCUT2D eigenvalue weighted by Gasteiger charge is -2.44. The van der Waals surface area contributed by atoms with Crippen LogP contribution in [0.3, 0.4) is 0 Å². The molecule has 1 aromatic rings. The van der Waals surface area contributed by atoms with Gasteiger partial charge in [0.05, 0.1) is 7.11 Å². The smallest absolute Gasteiger partial charge is 0.119 e. The first kappa shape index (κ1) is 14.9. The Bertz CT molecular complexity index is 502. The van der Waals surface area contributed by atoms with Gasteiger partial charge in [0.2, 0.25) is 0 Å². The number of aryl methyl sites for hydroxylation is 1. The lowest BCUT2D eigenvalue weighted by Crippen LogP contribution is -2.50. The van der Waals surface area contributed by atoms with Crippen LogP contribution >= 0.6 is 0 Å². The van der Waals surface area contributed by atoms with Crippen LogP contribution in [0.4, 0.5) is 0 Å². The van der Waals surface area contributed by atoms with Gasteiger partial charge in [-0.05, 0) is 60.9 Å². The van der Waals surface area contributed by atoms with Crippen molar-refractivity contribution in [3.63, 3.8) is 0 Å². The zero-order valence-electron chi connectivity index (χ0n) is 13.5. The highest BCUT2D eigenvalue weighted by atomic mass is 16.5. The molecule has 21 heavy (non-hydrogen) atoms. The largest absolute Gasteiger partial charge is 0.497 e. The molecule has 1 aliphatic heterocycles. The molecule has 116 valence electrons. The van der Waals surface area contributed by atoms with Crippen LogP contribution in [0.2, 0.25) is 0 Å². The van der Waals surface area contributed by atoms with Gasteiger partial charge in [0.15, 0.2) is 0 Å². The quantitative estimate of drug-likeness (QED) is 0.909. The number of nitrogens with zero attached hydrogens (tertiary/aromatic N) is 1. The van der Waals surface area contributed by atoms with Crippen molar-refractivity contribution in [2.75, 3.05) is 20.2 Å². The van der Waals surface area contributed by atoms with Gasteiger partial charge >= 0.3 is 0 Å². The molecule has 4 atom stereocenters. The van der Waals surface area contributed by atoms with E-state index in [1.807, 2.05) is 6.07 Å². The van der Waals surface area contributed by atoms with E-state index in [0.717, 1.165) is 24.0 Å². The molecule has 1 aromatic carbocycles. The van der Waals surface area contributed by atoms with Gasteiger partial charge in [0.1, 0.15) is 5.75 Å². The van der Waals surface area contributed by atoms with Crippen LogP contribution in [-0.4, -0.2) is 31.1 Å². The fraction of sp³-hybridized carbons (Fsp3) is 0.667. The van der Waals surface area contributed by atoms with Crippen molar-refractivity contribution in [2.24, 2.45) is 17.6 Å². The van der Waals surface area contributed by atoms with Gasteiger partial charge in [0, 0.05) is 18.6 Å². The first-order valence-corrected chi connectivity index (χ1v) is 8.26. The molecule has 1 saturated heterocycles. The number of ether oxygens (including phenoxy) is 1. The number of nitrogens with two attached hydrogens (primary N) is 1. The molecular formula is C18H28N2O. The highest BCUT2D eigenvalue weighted by Crippen LogP contribution is 2.35. The van der Waals surface area contributed by atoms with E-state index in [1.54, 1.807) is 7.11 Å². The minimum absolute atomic E-state index is 0.139. The molecule has 0 amide bonds. The second kappa shape index (κ2) is 5.98. The molecule has 2 N–H and O–H groups in total. The number of benzene rings is 1. The van der Waals surface area contributed by atoms with E-state index in [0.29, 0.717) is 6.04 Å². The number of fused-ring (bicyclic) bond motifs is 1. The van der Waals surface area contributed by atoms with Crippen LogP contribution in [0.5, 0.6) is 5.75 Å². The van der Waals surface area contributed by atoms with E-state index in [9.17, 15) is 0 Å². The van der Waals surface area contributed by atoms with Gasteiger partial charge in [0.25, 0.3) is 0 Å². The van der Waals surface area contributed by atoms with Crippen LogP contribution in [0.25, 0.3) is 0 Å². The fourth-order valence-electron chi connectivity index (χ4n) is 3.95. The maximum atomic E-state index is 6.61. The third-order valence-corrected chi connectivity index (χ3v) is 5.67. The lowest BCUT2D eigenvalue weighted by molar-refractivity contribution is 0.0749. The molecule has 1 aliphatic carbocycles. The maximum absolute atomic E-state index is 6.61. The summed E-state index contributed by atoms with van der Waals surface area (Å²) in [7, 11) is 1.73. The van der Waals surface area contributed by atoms with Crippen LogP contribution in [-0.2, 0) is 6.42 Å². The highest BCUT2D eigenvalue weighted by Gasteiger charge is 2.34. The molecule has 3 heteroatoms. The van der Waals surface area contributed by atoms with Gasteiger partial charge in [-0.1, -0.05) is 19.9 Å². The van der Waals surface area contributed by atoms with Crippen molar-refractivity contribution in [2.45, 2.75) is 45.2 Å². The molecule has 4 unspecified atom stereocenters. The summed E-state index contributed by atoms with van der Waals surface area (Å²) in [6, 6.07) is 7.01. The van der Waals surface area contributed by atoms with Gasteiger partial charge in [-0.3, -0.25) is 4.90 Å². The van der Waals surface area contributed by atoms with Crippen molar-refractivity contribution < 1.29 is 4.74 Å². The highest BCUT2D eigenvalue weighted by molar-refractivity contribution is 5.40. The van der Waals surface area contributed by atoms with Crippen LogP contribution in [0, 0.1) is 11.8 Å². The summed E-state index contributed by atoms with van der Waals surface area (Å²) in [6.07, 6.45) is 3.59. The molecular weight excluding hydrogens is 260 g/mol. The maximum Gasteiger partial charge on any atom is 0.119 e. The molecule has 0 saturated carbocycles. The van der Waals surface area contributed by atoms with Gasteiger partial charge in [-0.25, -0.2) is 0 Å². The van der Waals surface area contributed by atoms with E-state index in [2.05, 4.69) is 30.9 Å². The van der Waals surface area contributed by atoms with Crippen molar-refractivity contribution in [3.8, 4) is 5.75 Å². The lowest BCUT2D eigenvalue weighted by atomic mass is 9.81. The Morgan fingerprint density at radius 3 is 2.71 bits per heavy atom. The van der Waals surface area contributed by atoms with E-state index < -0.39 is 0 Å². The molecule has 1 heterocycles. The number of methoxy groups -OCH3 is 1. The summed E-state index contributed by atoms with van der Waals surface area (Å²) in [5.41, 5.74) is 9.30. The Hall–Kier alpha value is -1.06. The minimum atomic E-state index is 0.139. The SMILES string of the molecule is COc1ccc2c(c1)CCC(N1CCC(C)C(C)C1)C2N. The Morgan fingerprint density at radius 1 is 1.19 bits per heavy atom. The average Bonchev–Trinajstić information content (AvgIpc) is 2.50. The predicted octanol–water partition coefficient (Wildman–Crippen LogP) is 2.99. The molecule has 0 radical (unpaired) electrons. The zero-order chi connectivity index (χ0) is 15.0. The standard InChI is InChI=1S/C18H28N2O/c1-12-8-9-20(11-13(12)2)17-7-4-14-10-15(21-3)5-6-16(14)18(17)19/h5-6,10,12-13,17-18H,4,7-9,11,19H2,1-3H3. The van der Waals surface area contributed by atoms with Crippen molar-refractivity contribution in [3.05, 3.63) is 29.3 Å². The first-order chi connectivity index (χ1) is 10.1. The molecule has 3 rings (SSSR count). The normalized spacial score (nSPS) is 33.5. The summed E-state index contributed by atoms with van der Waals surface area (Å²) >= 11 is 0. The summed E-state index contributed by atoms with van der Waals surface area (Å²) < 4.78 is 5.33. The molecule has 2 aliphatic rings. The topological polar surface area (TPSA) is 38.5 Å². The zero-order valence-corrected chi connectivity index (χ0v) is 13.5. The molecule has 0 bridgehead atoms. The summed E-state index contributed by atoms with van der Waals surface area (Å²) in [5, 5.41) is 0. The molecule has 1 fully saturated rings. The molecule has 0 spiro atoms. The minimum Gasteiger partial charge on any atom is -0.497 e. The number of hydrogen-bond donors (Lipinski definition) is 1. The van der Waals surface area contributed by atoms with E-state index in [-0.39, 0.29) is 6.04 Å². The van der Waals surface area contributed by atoms with E-state index in [1.165, 1.54) is 37.1 Å². The second-order valence-corrected chi connectivity index (χ2v) is 6.93. The van der Waals surface area contributed by atoms with Crippen molar-refractivity contribution >= 4 is 0 Å². The number of hydrogen-bond acceptors (Lipinski definition) is 3. The Balaban J connectivity index is 1.77. The van der Waals surface area contributed by atoms with E-state index >= 15 is 0 Å². The van der Waals surface area contributed by atoms with Gasteiger partial charge in [-0.15, -0.1) is 0 Å². The average molecular weight is 288 g/mol. The third kappa shape index (κ3) is 2.82. The number of piperidine rings is 1. The predicted molar refractivity (Wildman–Crippen MR) is 86.5 cm³/mol. The van der Waals surface area contributed by atoms with Crippen LogP contribution < -0.4 is 10.5 Å². The van der Waals surface area contributed by atoms with Crippen LogP contribution in [0.15, 0.2) is 18.2 Å². The Labute approximate surface area is 128 Å². The monoisotopic (exact) mass is 288 g/mol. The van der Waals surface area contributed by atoms with Gasteiger partial charge < -0.3 is 10.5 Å². The first-order valence-electron chi connectivity index (χ1n) is 8.26. The number of likely N-dealkylation sites (tertiary alicyclic amines) is 1. The number of rotatable bonds is 2. The second-order valence-electron chi connectivity index (χ2n) is 6.93. The summed E-state index contributed by atoms with van der Waals surface area (Å²) in [5.74, 6) is 2.57. The summed E-state index contributed by atoms with van der Waals surface area (Å²) in [6.45, 7) is 7.16. The van der Waals surface area contributed by atoms with Crippen LogP contribution in [0.1, 0.15) is 43.9 Å². The Kier molecular flexibility index (Phi) is 4.23. The van der Waals surface area contributed by atoms with Crippen molar-refractivity contribution in [1.82, 2.24) is 4.90 Å². The van der Waals surface area contributed by atoms with Gasteiger partial charge in [-0.2, -0.15) is 0 Å². The third-order valence-electron chi connectivity index (χ3n) is 5.67. The summed E-state index contributed by atoms with van der Waals surface area (Å²) in [4.78, 5) is 2.64. The van der Waals surface area contributed by atoms with Crippen molar-refractivity contribution in [1.29, 1.82) is 0 Å². The fourth-order valence-corrected chi connectivity index (χ4v) is 3.95. The Morgan fingerprint density at radius 2 is 2.00 bits per heavy atom. The molecule has 0 aromatic heterocycles.